The maximum absolute atomic E-state index is 4.64. The molecule has 0 unspecified atom stereocenters. The van der Waals surface area contributed by atoms with Crippen LogP contribution in [0.2, 0.25) is 0 Å². The van der Waals surface area contributed by atoms with E-state index in [2.05, 4.69) is 67.7 Å². The van der Waals surface area contributed by atoms with Gasteiger partial charge in [0, 0.05) is 46.5 Å². The summed E-state index contributed by atoms with van der Waals surface area (Å²) in [7, 11) is 0. The van der Waals surface area contributed by atoms with Gasteiger partial charge >= 0.3 is 0 Å². The molecule has 4 rings (SSSR count). The van der Waals surface area contributed by atoms with Crippen molar-refractivity contribution in [2.45, 2.75) is 0 Å². The molecule has 9 heteroatoms. The second-order valence-electron chi connectivity index (χ2n) is 6.29. The molecule has 0 bridgehead atoms. The van der Waals surface area contributed by atoms with Crippen LogP contribution in [-0.2, 0) is 0 Å². The molecule has 1 aromatic heterocycles. The highest BCUT2D eigenvalue weighted by Crippen LogP contribution is 2.23. The Bertz CT molecular complexity index is 895. The third-order valence-electron chi connectivity index (χ3n) is 4.18. The maximum Gasteiger partial charge on any atom is 0.233 e. The zero-order chi connectivity index (χ0) is 19.3. The molecule has 0 aliphatic carbocycles. The van der Waals surface area contributed by atoms with Crippen LogP contribution in [0.15, 0.2) is 57.5 Å². The number of hydrogen-bond acceptors (Lipinski definition) is 7. The summed E-state index contributed by atoms with van der Waals surface area (Å²) < 4.78 is 1.97. The van der Waals surface area contributed by atoms with Gasteiger partial charge in [-0.1, -0.05) is 44.0 Å². The van der Waals surface area contributed by atoms with Gasteiger partial charge in [-0.2, -0.15) is 15.0 Å². The fourth-order valence-electron chi connectivity index (χ4n) is 2.87. The van der Waals surface area contributed by atoms with Gasteiger partial charge in [0.25, 0.3) is 0 Å². The average molecular weight is 505 g/mol. The largest absolute Gasteiger partial charge is 0.338 e. The Kier molecular flexibility index (Phi) is 6.04. The first kappa shape index (κ1) is 19.1. The number of nitrogens with one attached hydrogen (secondary N) is 3. The molecule has 0 spiro atoms. The fourth-order valence-corrected chi connectivity index (χ4v) is 3.67. The molecular formula is C19H19Br2N7. The van der Waals surface area contributed by atoms with Crippen LogP contribution in [0.1, 0.15) is 0 Å². The number of anilines is 5. The molecule has 7 nitrogen and oxygen atoms in total. The molecule has 1 aliphatic rings. The Morgan fingerprint density at radius 1 is 0.786 bits per heavy atom. The topological polar surface area (TPSA) is 78.0 Å². The van der Waals surface area contributed by atoms with E-state index in [9.17, 15) is 0 Å². The van der Waals surface area contributed by atoms with Crippen LogP contribution in [0.25, 0.3) is 0 Å². The predicted octanol–water partition coefficient (Wildman–Crippen LogP) is 4.29. The summed E-state index contributed by atoms with van der Waals surface area (Å²) in [4.78, 5) is 16.0. The van der Waals surface area contributed by atoms with Crippen molar-refractivity contribution in [3.05, 3.63) is 57.5 Å². The van der Waals surface area contributed by atoms with Gasteiger partial charge in [-0.05, 0) is 36.4 Å². The van der Waals surface area contributed by atoms with Crippen LogP contribution < -0.4 is 20.9 Å². The second kappa shape index (κ2) is 8.85. The second-order valence-corrected chi connectivity index (χ2v) is 8.12. The molecule has 3 aromatic rings. The molecule has 1 saturated heterocycles. The minimum atomic E-state index is 0.499. The lowest BCUT2D eigenvalue weighted by Crippen LogP contribution is -2.44. The lowest BCUT2D eigenvalue weighted by molar-refractivity contribution is 0.579. The van der Waals surface area contributed by atoms with Gasteiger partial charge in [-0.3, -0.25) is 0 Å². The summed E-state index contributed by atoms with van der Waals surface area (Å²) in [6.07, 6.45) is 0. The minimum Gasteiger partial charge on any atom is -0.338 e. The van der Waals surface area contributed by atoms with Gasteiger partial charge in [0.2, 0.25) is 17.8 Å². The Balaban J connectivity index is 1.65. The van der Waals surface area contributed by atoms with Gasteiger partial charge in [-0.25, -0.2) is 0 Å². The molecule has 1 fully saturated rings. The average Bonchev–Trinajstić information content (AvgIpc) is 2.68. The van der Waals surface area contributed by atoms with E-state index < -0.39 is 0 Å². The van der Waals surface area contributed by atoms with E-state index >= 15 is 0 Å². The van der Waals surface area contributed by atoms with Gasteiger partial charge in [0.05, 0.1) is 0 Å². The van der Waals surface area contributed by atoms with Crippen molar-refractivity contribution >= 4 is 61.1 Å². The van der Waals surface area contributed by atoms with E-state index in [0.29, 0.717) is 17.8 Å². The first-order valence-electron chi connectivity index (χ1n) is 8.93. The Morgan fingerprint density at radius 2 is 1.32 bits per heavy atom. The summed E-state index contributed by atoms with van der Waals surface area (Å²) in [6.45, 7) is 3.54. The maximum atomic E-state index is 4.64. The Morgan fingerprint density at radius 3 is 1.82 bits per heavy atom. The number of halogens is 2. The van der Waals surface area contributed by atoms with Gasteiger partial charge in [-0.15, -0.1) is 0 Å². The first-order valence-corrected chi connectivity index (χ1v) is 10.5. The highest BCUT2D eigenvalue weighted by atomic mass is 79.9. The third-order valence-corrected chi connectivity index (χ3v) is 5.17. The van der Waals surface area contributed by atoms with Crippen LogP contribution in [0.5, 0.6) is 0 Å². The zero-order valence-corrected chi connectivity index (χ0v) is 18.2. The SMILES string of the molecule is Brc1cccc(Nc2nc(Nc3cccc(Br)c3)nc(N3CCNCC3)n2)c1. The van der Waals surface area contributed by atoms with Crippen LogP contribution >= 0.6 is 31.9 Å². The Hall–Kier alpha value is -2.23. The summed E-state index contributed by atoms with van der Waals surface area (Å²) in [5, 5.41) is 9.91. The molecule has 2 aromatic carbocycles. The number of benzene rings is 2. The highest BCUT2D eigenvalue weighted by Gasteiger charge is 2.16. The van der Waals surface area contributed by atoms with Crippen molar-refractivity contribution in [2.24, 2.45) is 0 Å². The zero-order valence-electron chi connectivity index (χ0n) is 15.0. The molecule has 0 amide bonds. The van der Waals surface area contributed by atoms with Crippen molar-refractivity contribution in [3.63, 3.8) is 0 Å². The molecule has 144 valence electrons. The van der Waals surface area contributed by atoms with E-state index in [1.165, 1.54) is 0 Å². The lowest BCUT2D eigenvalue weighted by Gasteiger charge is -2.27. The monoisotopic (exact) mass is 503 g/mol. The van der Waals surface area contributed by atoms with Gasteiger partial charge in [0.1, 0.15) is 0 Å². The standard InChI is InChI=1S/C19H19Br2N7/c20-13-3-1-5-15(11-13)23-17-25-18(24-16-6-2-4-14(21)12-16)27-19(26-17)28-9-7-22-8-10-28/h1-6,11-12,22H,7-10H2,(H2,23,24,25,26,27). The molecule has 0 saturated carbocycles. The summed E-state index contributed by atoms with van der Waals surface area (Å²) in [5.74, 6) is 1.66. The van der Waals surface area contributed by atoms with E-state index in [4.69, 9.17) is 0 Å². The van der Waals surface area contributed by atoms with Crippen molar-refractivity contribution in [1.82, 2.24) is 20.3 Å². The fraction of sp³-hybridized carbons (Fsp3) is 0.211. The quantitative estimate of drug-likeness (QED) is 0.478. The molecular weight excluding hydrogens is 486 g/mol. The van der Waals surface area contributed by atoms with Crippen LogP contribution in [0.3, 0.4) is 0 Å². The first-order chi connectivity index (χ1) is 13.7. The molecule has 3 N–H and O–H groups in total. The van der Waals surface area contributed by atoms with Crippen LogP contribution in [0.4, 0.5) is 29.2 Å². The number of piperazine rings is 1. The van der Waals surface area contributed by atoms with Gasteiger partial charge in [0.15, 0.2) is 0 Å². The summed E-state index contributed by atoms with van der Waals surface area (Å²) in [6, 6.07) is 15.8. The van der Waals surface area contributed by atoms with E-state index in [1.54, 1.807) is 0 Å². The summed E-state index contributed by atoms with van der Waals surface area (Å²) in [5.41, 5.74) is 1.81. The van der Waals surface area contributed by atoms with Crippen LogP contribution in [-0.4, -0.2) is 41.1 Å². The van der Waals surface area contributed by atoms with E-state index in [0.717, 1.165) is 46.5 Å². The number of rotatable bonds is 5. The van der Waals surface area contributed by atoms with Gasteiger partial charge < -0.3 is 20.9 Å². The summed E-state index contributed by atoms with van der Waals surface area (Å²) >= 11 is 6.99. The number of nitrogens with zero attached hydrogens (tertiary/aromatic N) is 4. The lowest BCUT2D eigenvalue weighted by atomic mass is 10.3. The number of hydrogen-bond donors (Lipinski definition) is 3. The number of aromatic nitrogens is 3. The van der Waals surface area contributed by atoms with Crippen molar-refractivity contribution in [2.75, 3.05) is 41.7 Å². The molecule has 1 aliphatic heterocycles. The predicted molar refractivity (Wildman–Crippen MR) is 120 cm³/mol. The molecule has 0 atom stereocenters. The van der Waals surface area contributed by atoms with Crippen LogP contribution in [0, 0.1) is 0 Å². The van der Waals surface area contributed by atoms with Crippen molar-refractivity contribution in [1.29, 1.82) is 0 Å². The normalized spacial score (nSPS) is 14.0. The van der Waals surface area contributed by atoms with Crippen molar-refractivity contribution in [3.8, 4) is 0 Å². The minimum absolute atomic E-state index is 0.499. The smallest absolute Gasteiger partial charge is 0.233 e. The highest BCUT2D eigenvalue weighted by molar-refractivity contribution is 9.10. The van der Waals surface area contributed by atoms with E-state index in [1.807, 2.05) is 48.5 Å². The third kappa shape index (κ3) is 4.98. The molecule has 0 radical (unpaired) electrons. The van der Waals surface area contributed by atoms with Crippen molar-refractivity contribution < 1.29 is 0 Å². The Labute approximate surface area is 180 Å². The molecule has 28 heavy (non-hydrogen) atoms. The molecule has 2 heterocycles. The van der Waals surface area contributed by atoms with E-state index in [-0.39, 0.29) is 0 Å².